The van der Waals surface area contributed by atoms with Gasteiger partial charge < -0.3 is 19.3 Å². The lowest BCUT2D eigenvalue weighted by Crippen LogP contribution is -2.58. The van der Waals surface area contributed by atoms with Crippen molar-refractivity contribution in [2.45, 2.75) is 32.7 Å². The summed E-state index contributed by atoms with van der Waals surface area (Å²) in [6, 6.07) is 0. The summed E-state index contributed by atoms with van der Waals surface area (Å²) in [5.41, 5.74) is -0.0887. The Balaban J connectivity index is 1.78. The molecule has 6 heteroatoms. The van der Waals surface area contributed by atoms with Crippen LogP contribution in [0.25, 0.3) is 0 Å². The molecule has 0 aliphatic carbocycles. The number of nitrogens with one attached hydrogen (secondary N) is 1. The second-order valence-electron chi connectivity index (χ2n) is 4.08. The molecular weight excluding hydrogens is 210 g/mol. The van der Waals surface area contributed by atoms with Crippen molar-refractivity contribution >= 4 is 0 Å². The molecule has 16 heavy (non-hydrogen) atoms. The molecule has 6 nitrogen and oxygen atoms in total. The van der Waals surface area contributed by atoms with Gasteiger partial charge in [0, 0.05) is 19.7 Å². The molecule has 0 saturated carbocycles. The van der Waals surface area contributed by atoms with Gasteiger partial charge in [-0.25, -0.2) is 0 Å². The molecule has 0 spiro atoms. The molecule has 2 rings (SSSR count). The molecule has 0 radical (unpaired) electrons. The zero-order valence-electron chi connectivity index (χ0n) is 9.65. The summed E-state index contributed by atoms with van der Waals surface area (Å²) in [4.78, 5) is 4.16. The highest BCUT2D eigenvalue weighted by Crippen LogP contribution is 2.17. The highest BCUT2D eigenvalue weighted by atomic mass is 16.5. The van der Waals surface area contributed by atoms with Crippen LogP contribution >= 0.6 is 0 Å². The fourth-order valence-electron chi connectivity index (χ4n) is 1.42. The van der Waals surface area contributed by atoms with E-state index in [1.54, 1.807) is 0 Å². The van der Waals surface area contributed by atoms with Crippen molar-refractivity contribution in [1.82, 2.24) is 15.5 Å². The minimum Gasteiger partial charge on any atom is -0.374 e. The van der Waals surface area contributed by atoms with Crippen LogP contribution in [0.5, 0.6) is 0 Å². The highest BCUT2D eigenvalue weighted by Gasteiger charge is 2.32. The molecule has 1 aromatic rings. The van der Waals surface area contributed by atoms with Crippen molar-refractivity contribution in [1.29, 1.82) is 0 Å². The maximum absolute atomic E-state index is 5.67. The number of aromatic nitrogens is 2. The summed E-state index contributed by atoms with van der Waals surface area (Å²) in [6.07, 6.45) is 0. The Bertz CT molecular complexity index is 336. The summed E-state index contributed by atoms with van der Waals surface area (Å²) >= 11 is 0. The summed E-state index contributed by atoms with van der Waals surface area (Å²) in [5, 5.41) is 6.95. The van der Waals surface area contributed by atoms with Gasteiger partial charge in [-0.1, -0.05) is 5.16 Å². The fourth-order valence-corrected chi connectivity index (χ4v) is 1.42. The molecule has 0 aromatic carbocycles. The Hall–Kier alpha value is -0.980. The Labute approximate surface area is 94.3 Å². The van der Waals surface area contributed by atoms with Crippen LogP contribution in [0, 0.1) is 0 Å². The van der Waals surface area contributed by atoms with Crippen LogP contribution in [0.2, 0.25) is 0 Å². The van der Waals surface area contributed by atoms with Gasteiger partial charge in [0.25, 0.3) is 5.89 Å². The highest BCUT2D eigenvalue weighted by molar-refractivity contribution is 4.91. The van der Waals surface area contributed by atoms with Crippen LogP contribution < -0.4 is 5.32 Å². The topological polar surface area (TPSA) is 69.4 Å². The number of hydrogen-bond donors (Lipinski definition) is 1. The van der Waals surface area contributed by atoms with E-state index in [1.165, 1.54) is 0 Å². The largest absolute Gasteiger partial charge is 0.374 e. The number of ether oxygens (including phenoxy) is 2. The molecule has 1 aliphatic heterocycles. The van der Waals surface area contributed by atoms with E-state index in [4.69, 9.17) is 14.0 Å². The van der Waals surface area contributed by atoms with Gasteiger partial charge >= 0.3 is 0 Å². The van der Waals surface area contributed by atoms with Crippen LogP contribution in [0.4, 0.5) is 0 Å². The Morgan fingerprint density at radius 1 is 1.44 bits per heavy atom. The van der Waals surface area contributed by atoms with Crippen LogP contribution in [0.1, 0.15) is 25.6 Å². The quantitative estimate of drug-likeness (QED) is 0.762. The molecule has 90 valence electrons. The number of rotatable bonds is 6. The van der Waals surface area contributed by atoms with E-state index in [0.29, 0.717) is 31.5 Å². The van der Waals surface area contributed by atoms with Gasteiger partial charge in [-0.2, -0.15) is 4.98 Å². The van der Waals surface area contributed by atoms with E-state index in [-0.39, 0.29) is 5.60 Å². The molecule has 1 aliphatic rings. The Morgan fingerprint density at radius 2 is 2.25 bits per heavy atom. The molecule has 1 fully saturated rings. The van der Waals surface area contributed by atoms with Crippen molar-refractivity contribution in [2.75, 3.05) is 19.7 Å². The van der Waals surface area contributed by atoms with Gasteiger partial charge in [0.15, 0.2) is 5.82 Å². The van der Waals surface area contributed by atoms with Crippen molar-refractivity contribution in [3.63, 3.8) is 0 Å². The normalized spacial score (nSPS) is 18.4. The minimum atomic E-state index is -0.0887. The van der Waals surface area contributed by atoms with Crippen LogP contribution in [-0.4, -0.2) is 35.4 Å². The first-order chi connectivity index (χ1) is 7.72. The van der Waals surface area contributed by atoms with E-state index >= 15 is 0 Å². The zero-order chi connectivity index (χ0) is 11.4. The van der Waals surface area contributed by atoms with Gasteiger partial charge in [0.1, 0.15) is 13.2 Å². The fraction of sp³-hybridized carbons (Fsp3) is 0.800. The molecule has 0 bridgehead atoms. The van der Waals surface area contributed by atoms with Gasteiger partial charge in [0.05, 0.1) is 5.60 Å². The number of hydrogen-bond acceptors (Lipinski definition) is 6. The third-order valence-electron chi connectivity index (χ3n) is 2.49. The van der Waals surface area contributed by atoms with E-state index in [1.807, 2.05) is 6.92 Å². The van der Waals surface area contributed by atoms with Gasteiger partial charge in [-0.15, -0.1) is 0 Å². The molecule has 0 atom stereocenters. The van der Waals surface area contributed by atoms with E-state index in [0.717, 1.165) is 13.1 Å². The lowest BCUT2D eigenvalue weighted by Gasteiger charge is -2.38. The predicted octanol–water partition coefficient (Wildman–Crippen LogP) is 0.485. The lowest BCUT2D eigenvalue weighted by atomic mass is 10.0. The van der Waals surface area contributed by atoms with Crippen LogP contribution in [0.15, 0.2) is 4.52 Å². The molecule has 0 amide bonds. The average molecular weight is 227 g/mol. The smallest absolute Gasteiger partial charge is 0.252 e. The summed E-state index contributed by atoms with van der Waals surface area (Å²) in [6.45, 7) is 7.11. The van der Waals surface area contributed by atoms with Crippen molar-refractivity contribution in [3.05, 3.63) is 11.7 Å². The first-order valence-electron chi connectivity index (χ1n) is 5.46. The molecular formula is C10H17N3O3. The zero-order valence-corrected chi connectivity index (χ0v) is 9.65. The van der Waals surface area contributed by atoms with Gasteiger partial charge in [0.2, 0.25) is 0 Å². The third-order valence-corrected chi connectivity index (χ3v) is 2.49. The van der Waals surface area contributed by atoms with Crippen molar-refractivity contribution in [2.24, 2.45) is 0 Å². The Kier molecular flexibility index (Phi) is 3.52. The van der Waals surface area contributed by atoms with Crippen LogP contribution in [-0.2, 0) is 22.7 Å². The number of nitrogens with zero attached hydrogens (tertiary/aromatic N) is 2. The summed E-state index contributed by atoms with van der Waals surface area (Å²) < 4.78 is 15.9. The van der Waals surface area contributed by atoms with E-state index in [9.17, 15) is 0 Å². The SMILES string of the molecule is CCOCc1noc(COC2(C)CNC2)n1. The second kappa shape index (κ2) is 4.90. The van der Waals surface area contributed by atoms with Gasteiger partial charge in [-0.3, -0.25) is 0 Å². The molecule has 0 unspecified atom stereocenters. The maximum atomic E-state index is 5.67. The molecule has 1 saturated heterocycles. The van der Waals surface area contributed by atoms with Gasteiger partial charge in [-0.05, 0) is 13.8 Å². The third kappa shape index (κ3) is 2.78. The summed E-state index contributed by atoms with van der Waals surface area (Å²) in [5.74, 6) is 1.07. The molecule has 1 aromatic heterocycles. The minimum absolute atomic E-state index is 0.0887. The van der Waals surface area contributed by atoms with E-state index < -0.39 is 0 Å². The second-order valence-corrected chi connectivity index (χ2v) is 4.08. The predicted molar refractivity (Wildman–Crippen MR) is 55.7 cm³/mol. The van der Waals surface area contributed by atoms with Crippen molar-refractivity contribution in [3.8, 4) is 0 Å². The lowest BCUT2D eigenvalue weighted by molar-refractivity contribution is -0.0841. The first-order valence-corrected chi connectivity index (χ1v) is 5.46. The maximum Gasteiger partial charge on any atom is 0.252 e. The standard InChI is InChI=1S/C10H17N3O3/c1-3-14-4-8-12-9(16-13-8)5-15-10(2)6-11-7-10/h11H,3-7H2,1-2H3. The van der Waals surface area contributed by atoms with Crippen LogP contribution in [0.3, 0.4) is 0 Å². The molecule has 1 N–H and O–H groups in total. The van der Waals surface area contributed by atoms with E-state index in [2.05, 4.69) is 22.4 Å². The molecule has 2 heterocycles. The Morgan fingerprint density at radius 3 is 2.88 bits per heavy atom. The van der Waals surface area contributed by atoms with Crippen molar-refractivity contribution < 1.29 is 14.0 Å². The average Bonchev–Trinajstić information content (AvgIpc) is 2.69. The summed E-state index contributed by atoms with van der Waals surface area (Å²) in [7, 11) is 0. The first kappa shape index (κ1) is 11.5. The monoisotopic (exact) mass is 227 g/mol.